The number of ether oxygens (including phenoxy) is 2. The molecule has 2 aliphatic heterocycles. The zero-order valence-electron chi connectivity index (χ0n) is 25.3. The number of carbonyl (C=O) groups excluding carboxylic acids is 1. The lowest BCUT2D eigenvalue weighted by Crippen LogP contribution is -2.34. The zero-order valence-corrected chi connectivity index (χ0v) is 25.3. The molecule has 0 amide bonds. The number of unbranched alkanes of at least 4 members (excludes halogenated alkanes) is 2. The van der Waals surface area contributed by atoms with Gasteiger partial charge in [0.15, 0.2) is 5.60 Å². The van der Waals surface area contributed by atoms with E-state index in [2.05, 4.69) is 69.1 Å². The summed E-state index contributed by atoms with van der Waals surface area (Å²) in [5.41, 5.74) is 8.32. The molecule has 0 unspecified atom stereocenters. The zero-order chi connectivity index (χ0) is 29.4. The molecular formula is C37H40N2O3. The second-order valence-electron chi connectivity index (χ2n) is 11.6. The Morgan fingerprint density at radius 1 is 0.738 bits per heavy atom. The molecule has 216 valence electrons. The van der Waals surface area contributed by atoms with Crippen molar-refractivity contribution >= 4 is 23.0 Å². The van der Waals surface area contributed by atoms with Crippen LogP contribution in [-0.4, -0.2) is 19.1 Å². The van der Waals surface area contributed by atoms with E-state index < -0.39 is 5.60 Å². The number of fused-ring (bicyclic) bond motifs is 6. The Bertz CT molecular complexity index is 1580. The Hall–Kier alpha value is -4.25. The van der Waals surface area contributed by atoms with Crippen LogP contribution in [-0.2, 0) is 10.3 Å². The summed E-state index contributed by atoms with van der Waals surface area (Å²) in [7, 11) is 0. The maximum Gasteiger partial charge on any atom is 0.342 e. The summed E-state index contributed by atoms with van der Waals surface area (Å²) in [6.07, 6.45) is 4.28. The van der Waals surface area contributed by atoms with Crippen LogP contribution in [0.1, 0.15) is 83.3 Å². The van der Waals surface area contributed by atoms with Crippen molar-refractivity contribution in [1.82, 2.24) is 0 Å². The molecule has 2 heterocycles. The topological polar surface area (TPSA) is 50.8 Å². The fraction of sp³-hybridized carbons (Fsp3) is 0.324. The molecule has 1 spiro atoms. The first kappa shape index (κ1) is 27.9. The molecule has 2 aliphatic rings. The maximum atomic E-state index is 14.4. The van der Waals surface area contributed by atoms with E-state index in [4.69, 9.17) is 9.47 Å². The number of rotatable bonds is 9. The molecule has 4 aromatic carbocycles. The number of hydrogen-bond acceptors (Lipinski definition) is 5. The van der Waals surface area contributed by atoms with Gasteiger partial charge in [-0.25, -0.2) is 4.79 Å². The number of para-hydroxylation sites is 3. The number of hydrogen-bond donors (Lipinski definition) is 1. The quantitative estimate of drug-likeness (QED) is 0.207. The first-order valence-electron chi connectivity index (χ1n) is 15.3. The molecule has 1 N–H and O–H groups in total. The van der Waals surface area contributed by atoms with Gasteiger partial charge in [0.25, 0.3) is 0 Å². The molecule has 0 atom stereocenters. The molecule has 42 heavy (non-hydrogen) atoms. The normalized spacial score (nSPS) is 14.1. The van der Waals surface area contributed by atoms with E-state index in [1.54, 1.807) is 0 Å². The van der Waals surface area contributed by atoms with E-state index in [0.717, 1.165) is 89.2 Å². The van der Waals surface area contributed by atoms with E-state index in [1.165, 1.54) is 0 Å². The van der Waals surface area contributed by atoms with Crippen LogP contribution < -0.4 is 15.0 Å². The first-order chi connectivity index (χ1) is 20.4. The Labute approximate surface area is 249 Å². The van der Waals surface area contributed by atoms with Gasteiger partial charge in [-0.05, 0) is 68.5 Å². The number of esters is 1. The summed E-state index contributed by atoms with van der Waals surface area (Å²) >= 11 is 0. The second-order valence-corrected chi connectivity index (χ2v) is 11.6. The van der Waals surface area contributed by atoms with E-state index in [0.29, 0.717) is 17.1 Å². The fourth-order valence-corrected chi connectivity index (χ4v) is 6.53. The van der Waals surface area contributed by atoms with Crippen LogP contribution in [0.15, 0.2) is 72.8 Å². The van der Waals surface area contributed by atoms with Gasteiger partial charge >= 0.3 is 5.97 Å². The van der Waals surface area contributed by atoms with Gasteiger partial charge in [0.1, 0.15) is 11.5 Å². The van der Waals surface area contributed by atoms with Crippen LogP contribution in [0.2, 0.25) is 0 Å². The van der Waals surface area contributed by atoms with Gasteiger partial charge in [0.05, 0.1) is 16.9 Å². The molecule has 0 radical (unpaired) electrons. The summed E-state index contributed by atoms with van der Waals surface area (Å²) in [6.45, 7) is 12.6. The third kappa shape index (κ3) is 4.43. The van der Waals surface area contributed by atoms with Gasteiger partial charge in [0.2, 0.25) is 0 Å². The molecule has 0 saturated carbocycles. The number of nitrogens with zero attached hydrogens (tertiary/aromatic N) is 1. The van der Waals surface area contributed by atoms with Crippen molar-refractivity contribution in [3.05, 3.63) is 112 Å². The maximum absolute atomic E-state index is 14.4. The number of benzene rings is 4. The van der Waals surface area contributed by atoms with Crippen molar-refractivity contribution in [2.75, 3.05) is 23.3 Å². The van der Waals surface area contributed by atoms with E-state index >= 15 is 0 Å². The van der Waals surface area contributed by atoms with Gasteiger partial charge in [0, 0.05) is 35.5 Å². The highest BCUT2D eigenvalue weighted by Crippen LogP contribution is 2.59. The highest BCUT2D eigenvalue weighted by atomic mass is 16.6. The number of aryl methyl sites for hydroxylation is 3. The van der Waals surface area contributed by atoms with Crippen molar-refractivity contribution in [3.63, 3.8) is 0 Å². The Morgan fingerprint density at radius 2 is 1.31 bits per heavy atom. The minimum Gasteiger partial charge on any atom is -0.456 e. The molecule has 5 heteroatoms. The third-order valence-electron chi connectivity index (χ3n) is 8.69. The lowest BCUT2D eigenvalue weighted by atomic mass is 9.76. The van der Waals surface area contributed by atoms with Crippen LogP contribution in [0.25, 0.3) is 0 Å². The Balaban J connectivity index is 1.70. The molecule has 0 fully saturated rings. The molecule has 6 rings (SSSR count). The average molecular weight is 561 g/mol. The molecule has 4 aromatic rings. The van der Waals surface area contributed by atoms with E-state index in [-0.39, 0.29) is 5.97 Å². The van der Waals surface area contributed by atoms with Gasteiger partial charge in [-0.1, -0.05) is 81.3 Å². The minimum absolute atomic E-state index is 0.297. The molecular weight excluding hydrogens is 520 g/mol. The third-order valence-corrected chi connectivity index (χ3v) is 8.69. The van der Waals surface area contributed by atoms with Crippen LogP contribution >= 0.6 is 0 Å². The number of carbonyl (C=O) groups is 1. The number of nitrogens with one attached hydrogen (secondary N) is 1. The molecule has 0 saturated heterocycles. The van der Waals surface area contributed by atoms with E-state index in [9.17, 15) is 4.79 Å². The molecule has 5 nitrogen and oxygen atoms in total. The SMILES string of the molecule is CCCCN(CCCC)c1cc(C)c(Nc2c(C)cccc2C)c2c1C(=O)OC21c2ccccc2Oc2ccccc21. The summed E-state index contributed by atoms with van der Waals surface area (Å²) in [6, 6.07) is 24.4. The van der Waals surface area contributed by atoms with Crippen molar-refractivity contribution in [2.24, 2.45) is 0 Å². The summed E-state index contributed by atoms with van der Waals surface area (Å²) in [4.78, 5) is 16.8. The predicted octanol–water partition coefficient (Wildman–Crippen LogP) is 9.33. The van der Waals surface area contributed by atoms with E-state index in [1.807, 2.05) is 48.5 Å². The lowest BCUT2D eigenvalue weighted by molar-refractivity contribution is 0.0226. The molecule has 0 bridgehead atoms. The predicted molar refractivity (Wildman–Crippen MR) is 171 cm³/mol. The highest BCUT2D eigenvalue weighted by molar-refractivity contribution is 6.05. The Kier molecular flexibility index (Phi) is 7.44. The largest absolute Gasteiger partial charge is 0.456 e. The van der Waals surface area contributed by atoms with Crippen molar-refractivity contribution in [3.8, 4) is 11.5 Å². The second kappa shape index (κ2) is 11.2. The van der Waals surface area contributed by atoms with Crippen LogP contribution in [0.4, 0.5) is 17.1 Å². The van der Waals surface area contributed by atoms with Crippen LogP contribution in [0.3, 0.4) is 0 Å². The molecule has 0 aliphatic carbocycles. The highest BCUT2D eigenvalue weighted by Gasteiger charge is 2.56. The van der Waals surface area contributed by atoms with Crippen molar-refractivity contribution in [2.45, 2.75) is 65.9 Å². The van der Waals surface area contributed by atoms with Crippen molar-refractivity contribution in [1.29, 1.82) is 0 Å². The first-order valence-corrected chi connectivity index (χ1v) is 15.3. The average Bonchev–Trinajstić information content (AvgIpc) is 3.29. The van der Waals surface area contributed by atoms with Crippen LogP contribution in [0.5, 0.6) is 11.5 Å². The molecule has 0 aromatic heterocycles. The van der Waals surface area contributed by atoms with Crippen molar-refractivity contribution < 1.29 is 14.3 Å². The summed E-state index contributed by atoms with van der Waals surface area (Å²) in [5.74, 6) is 1.10. The summed E-state index contributed by atoms with van der Waals surface area (Å²) in [5, 5.41) is 3.82. The van der Waals surface area contributed by atoms with Gasteiger partial charge in [-0.15, -0.1) is 0 Å². The van der Waals surface area contributed by atoms with Crippen LogP contribution in [0, 0.1) is 20.8 Å². The van der Waals surface area contributed by atoms with Gasteiger partial charge in [-0.3, -0.25) is 0 Å². The smallest absolute Gasteiger partial charge is 0.342 e. The Morgan fingerprint density at radius 3 is 1.88 bits per heavy atom. The minimum atomic E-state index is -1.15. The van der Waals surface area contributed by atoms with Gasteiger partial charge < -0.3 is 19.7 Å². The standard InChI is InChI=1S/C37H40N2O3/c1-6-8-21-39(22-9-7-2)29-23-26(5)35(38-34-24(3)15-14-16-25(34)4)33-32(29)36(40)42-37(33)27-17-10-12-19-30(27)41-31-20-13-11-18-28(31)37/h10-20,23,38H,6-9,21-22H2,1-5H3. The monoisotopic (exact) mass is 560 g/mol. The summed E-state index contributed by atoms with van der Waals surface area (Å²) < 4.78 is 13.1. The lowest BCUT2D eigenvalue weighted by Gasteiger charge is -2.38. The fourth-order valence-electron chi connectivity index (χ4n) is 6.53. The number of anilines is 3. The van der Waals surface area contributed by atoms with Gasteiger partial charge in [-0.2, -0.15) is 0 Å².